The highest BCUT2D eigenvalue weighted by Gasteiger charge is 2.31. The van der Waals surface area contributed by atoms with E-state index in [4.69, 9.17) is 9.47 Å². The Bertz CT molecular complexity index is 1120. The van der Waals surface area contributed by atoms with Crippen molar-refractivity contribution in [3.63, 3.8) is 0 Å². The molecule has 1 fully saturated rings. The molecule has 2 heterocycles. The average Bonchev–Trinajstić information content (AvgIpc) is 3.24. The molecule has 1 aliphatic carbocycles. The van der Waals surface area contributed by atoms with Crippen molar-refractivity contribution in [2.45, 2.75) is 57.1 Å². The Hall–Kier alpha value is -2.67. The van der Waals surface area contributed by atoms with Gasteiger partial charge in [0.05, 0.1) is 13.2 Å². The molecule has 166 valence electrons. The lowest BCUT2D eigenvalue weighted by Crippen LogP contribution is -2.42. The summed E-state index contributed by atoms with van der Waals surface area (Å²) in [6.07, 6.45) is 5.31. The Labute approximate surface area is 191 Å². The molecule has 0 bridgehead atoms. The number of carbonyl (C=O) groups is 1. The Balaban J connectivity index is 1.35. The number of ether oxygens (including phenoxy) is 2. The zero-order valence-electron chi connectivity index (χ0n) is 17.8. The van der Waals surface area contributed by atoms with E-state index < -0.39 is 6.29 Å². The van der Waals surface area contributed by atoms with Crippen LogP contribution in [0.2, 0.25) is 0 Å². The molecule has 1 saturated carbocycles. The van der Waals surface area contributed by atoms with Crippen LogP contribution in [0.3, 0.4) is 0 Å². The van der Waals surface area contributed by atoms with Gasteiger partial charge in [0.1, 0.15) is 0 Å². The van der Waals surface area contributed by atoms with Gasteiger partial charge < -0.3 is 19.9 Å². The van der Waals surface area contributed by atoms with Gasteiger partial charge in [0.2, 0.25) is 6.29 Å². The number of amides is 1. The SMILES string of the molecule is O=C(NC1CCC1)C1=C[C@H](c2csc3ccccc23)C[C@H](OCc2ccc(CO)cc2)O1. The van der Waals surface area contributed by atoms with Gasteiger partial charge in [-0.05, 0) is 58.9 Å². The number of aliphatic hydroxyl groups excluding tert-OH is 1. The predicted octanol–water partition coefficient (Wildman–Crippen LogP) is 4.99. The van der Waals surface area contributed by atoms with Crippen LogP contribution in [0.1, 0.15) is 48.3 Å². The highest BCUT2D eigenvalue weighted by Crippen LogP contribution is 2.38. The Morgan fingerprint density at radius 2 is 1.91 bits per heavy atom. The van der Waals surface area contributed by atoms with Crippen LogP contribution in [0.15, 0.2) is 65.7 Å². The quantitative estimate of drug-likeness (QED) is 0.533. The molecule has 6 heteroatoms. The van der Waals surface area contributed by atoms with Crippen LogP contribution in [0.5, 0.6) is 0 Å². The third kappa shape index (κ3) is 4.58. The van der Waals surface area contributed by atoms with Crippen LogP contribution in [-0.4, -0.2) is 23.3 Å². The maximum Gasteiger partial charge on any atom is 0.286 e. The van der Waals surface area contributed by atoms with Gasteiger partial charge in [-0.25, -0.2) is 0 Å². The number of nitrogens with one attached hydrogen (secondary N) is 1. The molecule has 0 unspecified atom stereocenters. The van der Waals surface area contributed by atoms with Crippen molar-refractivity contribution in [2.75, 3.05) is 0 Å². The lowest BCUT2D eigenvalue weighted by Gasteiger charge is -2.31. The number of aliphatic hydroxyl groups is 1. The van der Waals surface area contributed by atoms with Crippen molar-refractivity contribution < 1.29 is 19.4 Å². The van der Waals surface area contributed by atoms with Crippen LogP contribution >= 0.6 is 11.3 Å². The lowest BCUT2D eigenvalue weighted by molar-refractivity contribution is -0.150. The van der Waals surface area contributed by atoms with Crippen molar-refractivity contribution in [3.8, 4) is 0 Å². The minimum absolute atomic E-state index is 0.0212. The normalized spacial score (nSPS) is 21.0. The van der Waals surface area contributed by atoms with Crippen molar-refractivity contribution in [1.29, 1.82) is 0 Å². The van der Waals surface area contributed by atoms with E-state index in [9.17, 15) is 9.90 Å². The molecular formula is C26H27NO4S. The van der Waals surface area contributed by atoms with Crippen LogP contribution < -0.4 is 5.32 Å². The molecule has 2 N–H and O–H groups in total. The van der Waals surface area contributed by atoms with E-state index in [1.807, 2.05) is 36.4 Å². The second-order valence-corrected chi connectivity index (χ2v) is 9.41. The van der Waals surface area contributed by atoms with Crippen LogP contribution in [0.25, 0.3) is 10.1 Å². The summed E-state index contributed by atoms with van der Waals surface area (Å²) in [7, 11) is 0. The van der Waals surface area contributed by atoms with Gasteiger partial charge in [0, 0.05) is 23.1 Å². The second kappa shape index (κ2) is 9.45. The van der Waals surface area contributed by atoms with E-state index in [0.717, 1.165) is 30.4 Å². The maximum absolute atomic E-state index is 12.9. The van der Waals surface area contributed by atoms with Crippen molar-refractivity contribution in [1.82, 2.24) is 5.32 Å². The first-order valence-corrected chi connectivity index (χ1v) is 12.0. The van der Waals surface area contributed by atoms with Gasteiger partial charge in [-0.3, -0.25) is 4.79 Å². The van der Waals surface area contributed by atoms with E-state index in [1.54, 1.807) is 11.3 Å². The molecular weight excluding hydrogens is 422 g/mol. The minimum atomic E-state index is -0.511. The van der Waals surface area contributed by atoms with Crippen LogP contribution in [0, 0.1) is 0 Å². The van der Waals surface area contributed by atoms with E-state index in [2.05, 4.69) is 28.9 Å². The molecule has 5 nitrogen and oxygen atoms in total. The van der Waals surface area contributed by atoms with Gasteiger partial charge >= 0.3 is 0 Å². The first-order valence-electron chi connectivity index (χ1n) is 11.2. The zero-order valence-corrected chi connectivity index (χ0v) is 18.6. The second-order valence-electron chi connectivity index (χ2n) is 8.49. The van der Waals surface area contributed by atoms with Gasteiger partial charge in [-0.1, -0.05) is 42.5 Å². The van der Waals surface area contributed by atoms with Crippen molar-refractivity contribution >= 4 is 27.3 Å². The van der Waals surface area contributed by atoms with Gasteiger partial charge in [-0.15, -0.1) is 11.3 Å². The standard InChI is InChI=1S/C26H27NO4S/c28-14-17-8-10-18(11-9-17)15-30-25-13-19(22-16-32-24-7-2-1-6-21(22)24)12-23(31-25)26(29)27-20-4-3-5-20/h1-2,6-12,16,19-20,25,28H,3-5,13-15H2,(H,27,29)/t19-,25+/m0/s1. The van der Waals surface area contributed by atoms with Gasteiger partial charge in [0.25, 0.3) is 5.91 Å². The number of allylic oxidation sites excluding steroid dienone is 1. The third-order valence-electron chi connectivity index (χ3n) is 6.27. The summed E-state index contributed by atoms with van der Waals surface area (Å²) in [4.78, 5) is 12.9. The summed E-state index contributed by atoms with van der Waals surface area (Å²) >= 11 is 1.72. The molecule has 2 aliphatic rings. The number of hydrogen-bond donors (Lipinski definition) is 2. The Kier molecular flexibility index (Phi) is 6.26. The molecule has 0 saturated heterocycles. The zero-order chi connectivity index (χ0) is 21.9. The Morgan fingerprint density at radius 3 is 2.66 bits per heavy atom. The molecule has 3 aromatic rings. The fourth-order valence-electron chi connectivity index (χ4n) is 4.16. The number of carbonyl (C=O) groups excluding carboxylic acids is 1. The number of fused-ring (bicyclic) bond motifs is 1. The highest BCUT2D eigenvalue weighted by atomic mass is 32.1. The molecule has 5 rings (SSSR count). The number of rotatable bonds is 7. The largest absolute Gasteiger partial charge is 0.459 e. The third-order valence-corrected chi connectivity index (χ3v) is 7.26. The summed E-state index contributed by atoms with van der Waals surface area (Å²) in [6, 6.07) is 16.3. The fourth-order valence-corrected chi connectivity index (χ4v) is 5.19. The molecule has 1 amide bonds. The summed E-state index contributed by atoms with van der Waals surface area (Å²) in [5, 5.41) is 15.7. The summed E-state index contributed by atoms with van der Waals surface area (Å²) in [6.45, 7) is 0.401. The first-order chi connectivity index (χ1) is 15.7. The molecule has 0 spiro atoms. The molecule has 2 aromatic carbocycles. The number of benzene rings is 2. The molecule has 1 aromatic heterocycles. The highest BCUT2D eigenvalue weighted by molar-refractivity contribution is 7.17. The number of thiophene rings is 1. The topological polar surface area (TPSA) is 67.8 Å². The summed E-state index contributed by atoms with van der Waals surface area (Å²) in [5.74, 6) is 0.243. The summed E-state index contributed by atoms with van der Waals surface area (Å²) in [5.41, 5.74) is 3.08. The predicted molar refractivity (Wildman–Crippen MR) is 125 cm³/mol. The average molecular weight is 450 g/mol. The van der Waals surface area contributed by atoms with E-state index in [1.165, 1.54) is 15.6 Å². The van der Waals surface area contributed by atoms with Crippen LogP contribution in [-0.2, 0) is 27.5 Å². The minimum Gasteiger partial charge on any atom is -0.459 e. The molecule has 2 atom stereocenters. The summed E-state index contributed by atoms with van der Waals surface area (Å²) < 4.78 is 13.4. The monoisotopic (exact) mass is 449 g/mol. The first kappa shape index (κ1) is 21.2. The number of hydrogen-bond acceptors (Lipinski definition) is 5. The van der Waals surface area contributed by atoms with Gasteiger partial charge in [0.15, 0.2) is 5.76 Å². The molecule has 0 radical (unpaired) electrons. The van der Waals surface area contributed by atoms with Gasteiger partial charge in [-0.2, -0.15) is 0 Å². The van der Waals surface area contributed by atoms with Crippen molar-refractivity contribution in [2.24, 2.45) is 0 Å². The van der Waals surface area contributed by atoms with E-state index in [-0.39, 0.29) is 24.5 Å². The van der Waals surface area contributed by atoms with E-state index >= 15 is 0 Å². The maximum atomic E-state index is 12.9. The van der Waals surface area contributed by atoms with Crippen molar-refractivity contribution in [3.05, 3.63) is 82.4 Å². The van der Waals surface area contributed by atoms with Crippen LogP contribution in [0.4, 0.5) is 0 Å². The molecule has 1 aliphatic heterocycles. The smallest absolute Gasteiger partial charge is 0.286 e. The Morgan fingerprint density at radius 1 is 1.12 bits per heavy atom. The molecule has 32 heavy (non-hydrogen) atoms. The fraction of sp³-hybridized carbons (Fsp3) is 0.346. The van der Waals surface area contributed by atoms with E-state index in [0.29, 0.717) is 18.8 Å². The lowest BCUT2D eigenvalue weighted by atomic mass is 9.91.